The molecule has 1 aromatic rings. The molecule has 1 aliphatic rings. The number of carboxylic acid groups (broad SMARTS) is 1. The Morgan fingerprint density at radius 3 is 2.76 bits per heavy atom. The Morgan fingerprint density at radius 2 is 2.24 bits per heavy atom. The highest BCUT2D eigenvalue weighted by Gasteiger charge is 2.36. The second kappa shape index (κ2) is 4.44. The number of benzene rings is 1. The van der Waals surface area contributed by atoms with E-state index in [9.17, 15) is 14.0 Å². The molecule has 1 atom stereocenters. The Labute approximate surface area is 105 Å². The normalized spacial score (nSPS) is 19.8. The molecule has 0 aliphatic carbocycles. The summed E-state index contributed by atoms with van der Waals surface area (Å²) in [5.74, 6) is -2.69. The molecule has 0 bridgehead atoms. The van der Waals surface area contributed by atoms with E-state index in [4.69, 9.17) is 5.11 Å². The van der Waals surface area contributed by atoms with Crippen LogP contribution in [0.4, 0.5) is 10.1 Å². The molecule has 1 N–H and O–H groups in total. The number of amides is 1. The van der Waals surface area contributed by atoms with E-state index in [0.717, 1.165) is 0 Å². The fourth-order valence-electron chi connectivity index (χ4n) is 1.81. The maximum atomic E-state index is 13.6. The highest BCUT2D eigenvalue weighted by molar-refractivity contribution is 9.10. The van der Waals surface area contributed by atoms with Gasteiger partial charge in [0.1, 0.15) is 5.82 Å². The van der Waals surface area contributed by atoms with Crippen molar-refractivity contribution in [3.63, 3.8) is 0 Å². The van der Waals surface area contributed by atoms with Gasteiger partial charge in [-0.2, -0.15) is 0 Å². The Morgan fingerprint density at radius 1 is 1.53 bits per heavy atom. The highest BCUT2D eigenvalue weighted by atomic mass is 79.9. The van der Waals surface area contributed by atoms with Crippen molar-refractivity contribution < 1.29 is 19.1 Å². The Bertz CT molecular complexity index is 492. The summed E-state index contributed by atoms with van der Waals surface area (Å²) in [5.41, 5.74) is 0.127. The predicted octanol–water partition coefficient (Wildman–Crippen LogP) is 2.03. The lowest BCUT2D eigenvalue weighted by Gasteiger charge is -2.16. The summed E-state index contributed by atoms with van der Waals surface area (Å²) in [6, 6.07) is 4.32. The Hall–Kier alpha value is -1.43. The second-order valence-electron chi connectivity index (χ2n) is 3.84. The van der Waals surface area contributed by atoms with Gasteiger partial charge >= 0.3 is 5.97 Å². The first-order valence-corrected chi connectivity index (χ1v) is 5.76. The smallest absolute Gasteiger partial charge is 0.308 e. The zero-order chi connectivity index (χ0) is 12.6. The average molecular weight is 302 g/mol. The van der Waals surface area contributed by atoms with Crippen LogP contribution in [0, 0.1) is 11.7 Å². The molecule has 1 heterocycles. The second-order valence-corrected chi connectivity index (χ2v) is 4.76. The van der Waals surface area contributed by atoms with Crippen LogP contribution >= 0.6 is 15.9 Å². The van der Waals surface area contributed by atoms with Gasteiger partial charge in [-0.05, 0) is 18.2 Å². The monoisotopic (exact) mass is 301 g/mol. The Balaban J connectivity index is 2.29. The van der Waals surface area contributed by atoms with Crippen molar-refractivity contribution in [1.82, 2.24) is 0 Å². The van der Waals surface area contributed by atoms with Crippen LogP contribution in [-0.2, 0) is 9.59 Å². The van der Waals surface area contributed by atoms with Crippen LogP contribution in [0.25, 0.3) is 0 Å². The van der Waals surface area contributed by atoms with Crippen molar-refractivity contribution in [2.75, 3.05) is 11.4 Å². The van der Waals surface area contributed by atoms with Crippen LogP contribution in [0.3, 0.4) is 0 Å². The van der Waals surface area contributed by atoms with E-state index >= 15 is 0 Å². The van der Waals surface area contributed by atoms with E-state index in [2.05, 4.69) is 15.9 Å². The molecule has 1 saturated heterocycles. The number of aliphatic carboxylic acids is 1. The third-order valence-corrected chi connectivity index (χ3v) is 3.17. The Kier molecular flexibility index (Phi) is 3.15. The molecule has 0 spiro atoms. The predicted molar refractivity (Wildman–Crippen MR) is 62.2 cm³/mol. The number of anilines is 1. The molecule has 4 nitrogen and oxygen atoms in total. The summed E-state index contributed by atoms with van der Waals surface area (Å²) in [6.07, 6.45) is -0.0785. The van der Waals surface area contributed by atoms with Gasteiger partial charge in [-0.1, -0.05) is 15.9 Å². The van der Waals surface area contributed by atoms with Crippen molar-refractivity contribution in [2.45, 2.75) is 6.42 Å². The summed E-state index contributed by atoms with van der Waals surface area (Å²) in [6.45, 7) is 0.0206. The van der Waals surface area contributed by atoms with E-state index in [1.165, 1.54) is 17.0 Å². The molecular formula is C11H9BrFNO3. The number of hydrogen-bond donors (Lipinski definition) is 1. The van der Waals surface area contributed by atoms with Gasteiger partial charge in [0.15, 0.2) is 0 Å². The SMILES string of the molecule is O=C(O)C1CC(=O)N(c2ccc(Br)cc2F)C1. The van der Waals surface area contributed by atoms with Gasteiger partial charge in [0.25, 0.3) is 0 Å². The molecule has 0 radical (unpaired) electrons. The molecule has 1 aliphatic heterocycles. The summed E-state index contributed by atoms with van der Waals surface area (Å²) < 4.78 is 14.2. The molecule has 1 aromatic carbocycles. The van der Waals surface area contributed by atoms with Crippen LogP contribution in [0.1, 0.15) is 6.42 Å². The van der Waals surface area contributed by atoms with E-state index in [-0.39, 0.29) is 24.6 Å². The van der Waals surface area contributed by atoms with Crippen molar-refractivity contribution in [3.05, 3.63) is 28.5 Å². The van der Waals surface area contributed by atoms with Crippen LogP contribution in [0.15, 0.2) is 22.7 Å². The third-order valence-electron chi connectivity index (χ3n) is 2.67. The zero-order valence-corrected chi connectivity index (χ0v) is 10.3. The third kappa shape index (κ3) is 2.31. The number of carbonyl (C=O) groups is 2. The van der Waals surface area contributed by atoms with Gasteiger partial charge in [-0.25, -0.2) is 4.39 Å². The van der Waals surface area contributed by atoms with Crippen molar-refractivity contribution in [3.8, 4) is 0 Å². The lowest BCUT2D eigenvalue weighted by Crippen LogP contribution is -2.26. The summed E-state index contributed by atoms with van der Waals surface area (Å²) in [4.78, 5) is 23.6. The lowest BCUT2D eigenvalue weighted by atomic mass is 10.1. The fraction of sp³-hybridized carbons (Fsp3) is 0.273. The number of nitrogens with zero attached hydrogens (tertiary/aromatic N) is 1. The summed E-state index contributed by atoms with van der Waals surface area (Å²) in [7, 11) is 0. The average Bonchev–Trinajstić information content (AvgIpc) is 2.61. The van der Waals surface area contributed by atoms with Crippen LogP contribution in [0.5, 0.6) is 0 Å². The van der Waals surface area contributed by atoms with Crippen LogP contribution in [-0.4, -0.2) is 23.5 Å². The molecule has 2 rings (SSSR count). The van der Waals surface area contributed by atoms with Crippen LogP contribution in [0.2, 0.25) is 0 Å². The van der Waals surface area contributed by atoms with E-state index in [0.29, 0.717) is 4.47 Å². The first-order chi connectivity index (χ1) is 7.99. The number of carboxylic acids is 1. The maximum absolute atomic E-state index is 13.6. The number of rotatable bonds is 2. The molecule has 17 heavy (non-hydrogen) atoms. The molecule has 1 fully saturated rings. The first-order valence-electron chi connectivity index (χ1n) is 4.97. The zero-order valence-electron chi connectivity index (χ0n) is 8.69. The number of carbonyl (C=O) groups excluding carboxylic acids is 1. The molecule has 1 unspecified atom stereocenters. The number of hydrogen-bond acceptors (Lipinski definition) is 2. The van der Waals surface area contributed by atoms with Crippen molar-refractivity contribution in [1.29, 1.82) is 0 Å². The molecule has 90 valence electrons. The maximum Gasteiger partial charge on any atom is 0.308 e. The van der Waals surface area contributed by atoms with Gasteiger partial charge in [0.05, 0.1) is 11.6 Å². The molecule has 6 heteroatoms. The lowest BCUT2D eigenvalue weighted by molar-refractivity contribution is -0.141. The minimum Gasteiger partial charge on any atom is -0.481 e. The minimum absolute atomic E-state index is 0.0206. The summed E-state index contributed by atoms with van der Waals surface area (Å²) >= 11 is 3.12. The summed E-state index contributed by atoms with van der Waals surface area (Å²) in [5, 5.41) is 8.83. The molecule has 0 aromatic heterocycles. The quantitative estimate of drug-likeness (QED) is 0.909. The van der Waals surface area contributed by atoms with Crippen LogP contribution < -0.4 is 4.90 Å². The van der Waals surface area contributed by atoms with Gasteiger partial charge in [0.2, 0.25) is 5.91 Å². The van der Waals surface area contributed by atoms with Gasteiger partial charge in [-0.15, -0.1) is 0 Å². The molecule has 1 amide bonds. The topological polar surface area (TPSA) is 57.6 Å². The van der Waals surface area contributed by atoms with Gasteiger partial charge in [-0.3, -0.25) is 9.59 Å². The van der Waals surface area contributed by atoms with Gasteiger partial charge < -0.3 is 10.0 Å². The highest BCUT2D eigenvalue weighted by Crippen LogP contribution is 2.29. The first kappa shape index (κ1) is 12.0. The largest absolute Gasteiger partial charge is 0.481 e. The number of halogens is 2. The van der Waals surface area contributed by atoms with Gasteiger partial charge in [0, 0.05) is 17.4 Å². The van der Waals surface area contributed by atoms with E-state index < -0.39 is 17.7 Å². The van der Waals surface area contributed by atoms with E-state index in [1.807, 2.05) is 0 Å². The standard InChI is InChI=1S/C11H9BrFNO3/c12-7-1-2-9(8(13)4-7)14-5-6(11(16)17)3-10(14)15/h1-2,4,6H,3,5H2,(H,16,17). The molecule has 0 saturated carbocycles. The fourth-order valence-corrected chi connectivity index (χ4v) is 2.14. The van der Waals surface area contributed by atoms with E-state index in [1.54, 1.807) is 6.07 Å². The minimum atomic E-state index is -1.03. The van der Waals surface area contributed by atoms with Crippen molar-refractivity contribution in [2.24, 2.45) is 5.92 Å². The molecular weight excluding hydrogens is 293 g/mol. The van der Waals surface area contributed by atoms with Crippen molar-refractivity contribution >= 4 is 33.5 Å².